The SMILES string of the molecule is C/C=C\c1c(C(O)CNCc2ccc(COCc3ccc(C(=O)N4CCC(C)(c5ccccc5)CC4)cc3)cc2)ccc(O)c1NC=O. The lowest BCUT2D eigenvalue weighted by atomic mass is 9.74. The normalized spacial score (nSPS) is 14.9. The predicted molar refractivity (Wildman–Crippen MR) is 189 cm³/mol. The molecule has 0 saturated carbocycles. The van der Waals surface area contributed by atoms with Gasteiger partial charge in [-0.25, -0.2) is 0 Å². The van der Waals surface area contributed by atoms with Crippen LogP contribution in [0.25, 0.3) is 6.08 Å². The van der Waals surface area contributed by atoms with Gasteiger partial charge in [0.15, 0.2) is 0 Å². The first-order chi connectivity index (χ1) is 23.3. The van der Waals surface area contributed by atoms with E-state index in [0.29, 0.717) is 42.9 Å². The Morgan fingerprint density at radius 2 is 1.54 bits per heavy atom. The van der Waals surface area contributed by atoms with Crippen LogP contribution in [0.1, 0.15) is 76.5 Å². The standard InChI is InChI=1S/C40H45N3O5/c1-3-7-35-34(18-19-36(45)38(35)42-28-44)37(46)25-41-24-29-10-12-30(13-11-29)26-48-27-31-14-16-32(17-15-31)39(47)43-22-20-40(2,21-23-43)33-8-5-4-6-9-33/h3-19,28,37,41,45-46H,20-27H2,1-2H3,(H,42,44)/b7-3-. The van der Waals surface area contributed by atoms with Gasteiger partial charge in [-0.15, -0.1) is 0 Å². The van der Waals surface area contributed by atoms with Crippen LogP contribution in [0.15, 0.2) is 97.1 Å². The molecule has 4 aromatic carbocycles. The molecule has 0 bridgehead atoms. The topological polar surface area (TPSA) is 111 Å². The molecule has 0 aliphatic carbocycles. The molecule has 4 N–H and O–H groups in total. The molecular formula is C40H45N3O5. The Labute approximate surface area is 283 Å². The van der Waals surface area contributed by atoms with Gasteiger partial charge in [-0.3, -0.25) is 9.59 Å². The van der Waals surface area contributed by atoms with Crippen LogP contribution in [-0.2, 0) is 34.7 Å². The van der Waals surface area contributed by atoms with E-state index >= 15 is 0 Å². The summed E-state index contributed by atoms with van der Waals surface area (Å²) in [4.78, 5) is 26.2. The van der Waals surface area contributed by atoms with Crippen molar-refractivity contribution in [3.8, 4) is 5.75 Å². The van der Waals surface area contributed by atoms with Crippen molar-refractivity contribution in [1.29, 1.82) is 0 Å². The van der Waals surface area contributed by atoms with Crippen LogP contribution in [0.2, 0.25) is 0 Å². The molecule has 1 atom stereocenters. The van der Waals surface area contributed by atoms with E-state index in [2.05, 4.69) is 41.8 Å². The molecule has 0 spiro atoms. The highest BCUT2D eigenvalue weighted by atomic mass is 16.5. The number of aliphatic hydroxyl groups excluding tert-OH is 1. The van der Waals surface area contributed by atoms with Crippen molar-refractivity contribution in [1.82, 2.24) is 10.2 Å². The third kappa shape index (κ3) is 8.58. The molecule has 8 heteroatoms. The Morgan fingerprint density at radius 1 is 0.917 bits per heavy atom. The van der Waals surface area contributed by atoms with Crippen LogP contribution in [0.3, 0.4) is 0 Å². The number of ether oxygens (including phenoxy) is 1. The highest BCUT2D eigenvalue weighted by molar-refractivity contribution is 5.94. The number of likely N-dealkylation sites (tertiary alicyclic amines) is 1. The van der Waals surface area contributed by atoms with Crippen molar-refractivity contribution in [3.05, 3.63) is 136 Å². The number of phenols is 1. The second-order valence-electron chi connectivity index (χ2n) is 12.6. The first-order valence-electron chi connectivity index (χ1n) is 16.5. The van der Waals surface area contributed by atoms with Crippen molar-refractivity contribution in [2.45, 2.75) is 58.0 Å². The zero-order chi connectivity index (χ0) is 33.9. The summed E-state index contributed by atoms with van der Waals surface area (Å²) in [5.41, 5.74) is 6.72. The maximum atomic E-state index is 13.2. The smallest absolute Gasteiger partial charge is 0.253 e. The summed E-state index contributed by atoms with van der Waals surface area (Å²) in [6.45, 7) is 7.40. The Balaban J connectivity index is 1.04. The van der Waals surface area contributed by atoms with Crippen molar-refractivity contribution in [2.24, 2.45) is 0 Å². The predicted octanol–water partition coefficient (Wildman–Crippen LogP) is 6.73. The molecule has 0 aromatic heterocycles. The fraction of sp³-hybridized carbons (Fsp3) is 0.300. The number of aliphatic hydroxyl groups is 1. The number of hydrogen-bond donors (Lipinski definition) is 4. The Hall–Kier alpha value is -4.76. The Bertz CT molecular complexity index is 1680. The van der Waals surface area contributed by atoms with Gasteiger partial charge in [0.2, 0.25) is 6.41 Å². The number of nitrogens with zero attached hydrogens (tertiary/aromatic N) is 1. The van der Waals surface area contributed by atoms with Gasteiger partial charge in [0.05, 0.1) is 25.0 Å². The number of aromatic hydroxyl groups is 1. The Morgan fingerprint density at radius 3 is 2.17 bits per heavy atom. The summed E-state index contributed by atoms with van der Waals surface area (Å²) in [5.74, 6) is 0.0228. The zero-order valence-electron chi connectivity index (χ0n) is 27.7. The lowest BCUT2D eigenvalue weighted by Crippen LogP contribution is -2.43. The van der Waals surface area contributed by atoms with E-state index in [-0.39, 0.29) is 29.3 Å². The number of piperidine rings is 1. The number of phenolic OH excluding ortho intramolecular Hbond substituents is 1. The van der Waals surface area contributed by atoms with Crippen molar-refractivity contribution in [2.75, 3.05) is 25.0 Å². The van der Waals surface area contributed by atoms with E-state index in [1.54, 1.807) is 18.2 Å². The van der Waals surface area contributed by atoms with E-state index in [1.807, 2.05) is 66.4 Å². The minimum absolute atomic E-state index is 0.0619. The maximum absolute atomic E-state index is 13.2. The summed E-state index contributed by atoms with van der Waals surface area (Å²) < 4.78 is 5.96. The van der Waals surface area contributed by atoms with E-state index < -0.39 is 6.10 Å². The van der Waals surface area contributed by atoms with E-state index in [9.17, 15) is 19.8 Å². The first kappa shape index (κ1) is 34.6. The molecule has 1 saturated heterocycles. The lowest BCUT2D eigenvalue weighted by molar-refractivity contribution is -0.105. The number of amides is 2. The molecular weight excluding hydrogens is 602 g/mol. The molecule has 4 aromatic rings. The Kier molecular flexibility index (Phi) is 11.8. The largest absolute Gasteiger partial charge is 0.506 e. The number of rotatable bonds is 14. The first-order valence-corrected chi connectivity index (χ1v) is 16.5. The van der Waals surface area contributed by atoms with Gasteiger partial charge in [-0.05, 0) is 71.2 Å². The third-order valence-electron chi connectivity index (χ3n) is 9.21. The molecule has 5 rings (SSSR count). The van der Waals surface area contributed by atoms with Gasteiger partial charge in [-0.2, -0.15) is 0 Å². The third-order valence-corrected chi connectivity index (χ3v) is 9.21. The molecule has 0 radical (unpaired) electrons. The molecule has 1 aliphatic rings. The summed E-state index contributed by atoms with van der Waals surface area (Å²) >= 11 is 0. The number of benzene rings is 4. The van der Waals surface area contributed by atoms with Crippen LogP contribution < -0.4 is 10.6 Å². The summed E-state index contributed by atoms with van der Waals surface area (Å²) in [6.07, 6.45) is 5.11. The van der Waals surface area contributed by atoms with Gasteiger partial charge in [0, 0.05) is 37.3 Å². The van der Waals surface area contributed by atoms with Gasteiger partial charge in [-0.1, -0.05) is 91.9 Å². The molecule has 2 amide bonds. The second kappa shape index (κ2) is 16.4. The lowest BCUT2D eigenvalue weighted by Gasteiger charge is -2.40. The van der Waals surface area contributed by atoms with Crippen molar-refractivity contribution in [3.63, 3.8) is 0 Å². The summed E-state index contributed by atoms with van der Waals surface area (Å²) in [7, 11) is 0. The average molecular weight is 648 g/mol. The van der Waals surface area contributed by atoms with E-state index in [4.69, 9.17) is 4.74 Å². The monoisotopic (exact) mass is 647 g/mol. The fourth-order valence-electron chi connectivity index (χ4n) is 6.23. The quantitative estimate of drug-likeness (QED) is 0.0893. The van der Waals surface area contributed by atoms with Crippen molar-refractivity contribution < 1.29 is 24.5 Å². The maximum Gasteiger partial charge on any atom is 0.253 e. The van der Waals surface area contributed by atoms with Gasteiger partial charge in [0.25, 0.3) is 5.91 Å². The average Bonchev–Trinajstić information content (AvgIpc) is 3.11. The van der Waals surface area contributed by atoms with Gasteiger partial charge in [0.1, 0.15) is 5.75 Å². The fourth-order valence-corrected chi connectivity index (χ4v) is 6.23. The van der Waals surface area contributed by atoms with Gasteiger partial charge < -0.3 is 30.5 Å². The minimum atomic E-state index is -0.843. The highest BCUT2D eigenvalue weighted by Gasteiger charge is 2.33. The number of nitrogens with one attached hydrogen (secondary N) is 2. The van der Waals surface area contributed by atoms with Crippen LogP contribution in [0, 0.1) is 0 Å². The highest BCUT2D eigenvalue weighted by Crippen LogP contribution is 2.36. The molecule has 8 nitrogen and oxygen atoms in total. The summed E-state index contributed by atoms with van der Waals surface area (Å²) in [6, 6.07) is 29.6. The number of allylic oxidation sites excluding steroid dienone is 1. The molecule has 250 valence electrons. The molecule has 48 heavy (non-hydrogen) atoms. The number of carbonyl (C=O) groups excluding carboxylic acids is 2. The number of carbonyl (C=O) groups is 2. The molecule has 1 aliphatic heterocycles. The summed E-state index contributed by atoms with van der Waals surface area (Å²) in [5, 5.41) is 26.8. The van der Waals surface area contributed by atoms with Gasteiger partial charge >= 0.3 is 0 Å². The number of hydrogen-bond acceptors (Lipinski definition) is 6. The number of anilines is 1. The molecule has 1 heterocycles. The minimum Gasteiger partial charge on any atom is -0.506 e. The molecule has 1 unspecified atom stereocenters. The van der Waals surface area contributed by atoms with E-state index in [0.717, 1.165) is 42.6 Å². The van der Waals surface area contributed by atoms with E-state index in [1.165, 1.54) is 11.6 Å². The van der Waals surface area contributed by atoms with Crippen LogP contribution in [-0.4, -0.2) is 47.1 Å². The van der Waals surface area contributed by atoms with Crippen molar-refractivity contribution >= 4 is 24.1 Å². The second-order valence-corrected chi connectivity index (χ2v) is 12.6. The van der Waals surface area contributed by atoms with Crippen LogP contribution in [0.5, 0.6) is 5.75 Å². The molecule has 1 fully saturated rings. The zero-order valence-corrected chi connectivity index (χ0v) is 27.7. The van der Waals surface area contributed by atoms with Crippen LogP contribution in [0.4, 0.5) is 5.69 Å². The van der Waals surface area contributed by atoms with Crippen LogP contribution >= 0.6 is 0 Å².